The van der Waals surface area contributed by atoms with Gasteiger partial charge in [-0.1, -0.05) is 12.1 Å². The van der Waals surface area contributed by atoms with Gasteiger partial charge in [-0.15, -0.1) is 0 Å². The van der Waals surface area contributed by atoms with Gasteiger partial charge in [0.05, 0.1) is 14.2 Å². The van der Waals surface area contributed by atoms with Crippen molar-refractivity contribution < 1.29 is 28.5 Å². The molecule has 6 nitrogen and oxygen atoms in total. The molecule has 0 aliphatic carbocycles. The number of ether oxygens (including phenoxy) is 4. The van der Waals surface area contributed by atoms with Crippen LogP contribution in [0.5, 0.6) is 5.75 Å². The summed E-state index contributed by atoms with van der Waals surface area (Å²) in [5, 5.41) is 0. The molecule has 0 atom stereocenters. The Labute approximate surface area is 111 Å². The fourth-order valence-corrected chi connectivity index (χ4v) is 1.51. The van der Waals surface area contributed by atoms with Crippen molar-refractivity contribution in [3.05, 3.63) is 29.8 Å². The topological polar surface area (TPSA) is 71.1 Å². The average molecular weight is 268 g/mol. The molecule has 1 aromatic carbocycles. The van der Waals surface area contributed by atoms with Crippen molar-refractivity contribution in [2.24, 2.45) is 0 Å². The third kappa shape index (κ3) is 3.96. The molecule has 1 aromatic rings. The van der Waals surface area contributed by atoms with Crippen LogP contribution in [0, 0.1) is 0 Å². The minimum absolute atomic E-state index is 0.0740. The van der Waals surface area contributed by atoms with Crippen LogP contribution in [0.15, 0.2) is 24.3 Å². The molecule has 0 aliphatic rings. The van der Waals surface area contributed by atoms with Crippen LogP contribution >= 0.6 is 0 Å². The van der Waals surface area contributed by atoms with E-state index in [-0.39, 0.29) is 6.79 Å². The Bertz CT molecular complexity index is 427. The standard InChI is InChI=1S/C13H16O6/c1-16-8-19-10-6-4-5-9(7-10)11(12(14)17-2)13(15)18-3/h4-7,11H,8H2,1-3H3. The zero-order chi connectivity index (χ0) is 14.3. The molecule has 0 aliphatic heterocycles. The van der Waals surface area contributed by atoms with E-state index in [2.05, 4.69) is 9.47 Å². The van der Waals surface area contributed by atoms with Gasteiger partial charge in [0.25, 0.3) is 0 Å². The van der Waals surface area contributed by atoms with Crippen molar-refractivity contribution in [1.82, 2.24) is 0 Å². The first-order chi connectivity index (χ1) is 9.13. The van der Waals surface area contributed by atoms with E-state index in [4.69, 9.17) is 9.47 Å². The second-order valence-corrected chi connectivity index (χ2v) is 3.60. The summed E-state index contributed by atoms with van der Waals surface area (Å²) in [6.07, 6.45) is 0. The third-order valence-electron chi connectivity index (χ3n) is 2.41. The van der Waals surface area contributed by atoms with E-state index < -0.39 is 17.9 Å². The molecule has 0 amide bonds. The van der Waals surface area contributed by atoms with E-state index in [1.807, 2.05) is 0 Å². The molecular weight excluding hydrogens is 252 g/mol. The molecule has 0 spiro atoms. The molecule has 1 rings (SSSR count). The molecule has 0 radical (unpaired) electrons. The van der Waals surface area contributed by atoms with E-state index in [1.54, 1.807) is 24.3 Å². The van der Waals surface area contributed by atoms with E-state index in [0.717, 1.165) is 0 Å². The van der Waals surface area contributed by atoms with Crippen LogP contribution in [0.1, 0.15) is 11.5 Å². The molecular formula is C13H16O6. The minimum Gasteiger partial charge on any atom is -0.468 e. The number of carbonyl (C=O) groups is 2. The van der Waals surface area contributed by atoms with E-state index in [1.165, 1.54) is 21.3 Å². The largest absolute Gasteiger partial charge is 0.468 e. The van der Waals surface area contributed by atoms with Crippen molar-refractivity contribution in [1.29, 1.82) is 0 Å². The van der Waals surface area contributed by atoms with Crippen LogP contribution in [0.4, 0.5) is 0 Å². The van der Waals surface area contributed by atoms with E-state index in [0.29, 0.717) is 11.3 Å². The number of hydrogen-bond acceptors (Lipinski definition) is 6. The molecule has 0 aromatic heterocycles. The zero-order valence-electron chi connectivity index (χ0n) is 11.0. The van der Waals surface area contributed by atoms with E-state index in [9.17, 15) is 9.59 Å². The van der Waals surface area contributed by atoms with Crippen LogP contribution in [-0.4, -0.2) is 40.1 Å². The second kappa shape index (κ2) is 7.38. The van der Waals surface area contributed by atoms with Gasteiger partial charge >= 0.3 is 11.9 Å². The molecule has 0 saturated heterocycles. The average Bonchev–Trinajstić information content (AvgIpc) is 2.45. The molecule has 19 heavy (non-hydrogen) atoms. The van der Waals surface area contributed by atoms with Gasteiger partial charge in [-0.05, 0) is 17.7 Å². The fraction of sp³-hybridized carbons (Fsp3) is 0.385. The van der Waals surface area contributed by atoms with Crippen LogP contribution in [-0.2, 0) is 23.8 Å². The van der Waals surface area contributed by atoms with Crippen molar-refractivity contribution in [2.45, 2.75) is 5.92 Å². The molecule has 6 heteroatoms. The highest BCUT2D eigenvalue weighted by atomic mass is 16.7. The van der Waals surface area contributed by atoms with Crippen molar-refractivity contribution in [2.75, 3.05) is 28.1 Å². The maximum absolute atomic E-state index is 11.6. The van der Waals surface area contributed by atoms with Gasteiger partial charge in [0, 0.05) is 7.11 Å². The summed E-state index contributed by atoms with van der Waals surface area (Å²) in [6, 6.07) is 6.54. The smallest absolute Gasteiger partial charge is 0.324 e. The lowest BCUT2D eigenvalue weighted by Gasteiger charge is -2.14. The molecule has 0 fully saturated rings. The normalized spacial score (nSPS) is 10.1. The first-order valence-corrected chi connectivity index (χ1v) is 5.51. The van der Waals surface area contributed by atoms with Gasteiger partial charge in [0.2, 0.25) is 0 Å². The van der Waals surface area contributed by atoms with Gasteiger partial charge in [0.15, 0.2) is 12.7 Å². The molecule has 0 N–H and O–H groups in total. The predicted molar refractivity (Wildman–Crippen MR) is 65.7 cm³/mol. The van der Waals surface area contributed by atoms with Crippen molar-refractivity contribution >= 4 is 11.9 Å². The molecule has 0 unspecified atom stereocenters. The predicted octanol–water partition coefficient (Wildman–Crippen LogP) is 1.10. The highest BCUT2D eigenvalue weighted by Crippen LogP contribution is 2.23. The number of hydrogen-bond donors (Lipinski definition) is 0. The van der Waals surface area contributed by atoms with Gasteiger partial charge in [-0.2, -0.15) is 0 Å². The number of methoxy groups -OCH3 is 3. The first-order valence-electron chi connectivity index (χ1n) is 5.51. The Morgan fingerprint density at radius 2 is 1.74 bits per heavy atom. The van der Waals surface area contributed by atoms with Gasteiger partial charge in [0.1, 0.15) is 5.75 Å². The lowest BCUT2D eigenvalue weighted by atomic mass is 9.99. The van der Waals surface area contributed by atoms with E-state index >= 15 is 0 Å². The number of carbonyl (C=O) groups excluding carboxylic acids is 2. The fourth-order valence-electron chi connectivity index (χ4n) is 1.51. The van der Waals surface area contributed by atoms with Gasteiger partial charge in [-0.25, -0.2) is 0 Å². The van der Waals surface area contributed by atoms with Crippen molar-refractivity contribution in [3.8, 4) is 5.75 Å². The van der Waals surface area contributed by atoms with Crippen molar-refractivity contribution in [3.63, 3.8) is 0 Å². The van der Waals surface area contributed by atoms with Crippen LogP contribution in [0.2, 0.25) is 0 Å². The third-order valence-corrected chi connectivity index (χ3v) is 2.41. The SMILES string of the molecule is COCOc1cccc(C(C(=O)OC)C(=O)OC)c1. The summed E-state index contributed by atoms with van der Waals surface area (Å²) in [6.45, 7) is 0.0740. The quantitative estimate of drug-likeness (QED) is 0.437. The number of benzene rings is 1. The summed E-state index contributed by atoms with van der Waals surface area (Å²) in [4.78, 5) is 23.3. The molecule has 104 valence electrons. The minimum atomic E-state index is -1.12. The summed E-state index contributed by atoms with van der Waals surface area (Å²) in [7, 11) is 3.92. The van der Waals surface area contributed by atoms with Crippen LogP contribution in [0.25, 0.3) is 0 Å². The Kier molecular flexibility index (Phi) is 5.81. The lowest BCUT2D eigenvalue weighted by Crippen LogP contribution is -2.24. The summed E-state index contributed by atoms with van der Waals surface area (Å²) < 4.78 is 19.2. The number of esters is 2. The Hall–Kier alpha value is -2.08. The summed E-state index contributed by atoms with van der Waals surface area (Å²) in [5.41, 5.74) is 0.437. The summed E-state index contributed by atoms with van der Waals surface area (Å²) in [5.74, 6) is -2.01. The maximum Gasteiger partial charge on any atom is 0.324 e. The summed E-state index contributed by atoms with van der Waals surface area (Å²) >= 11 is 0. The molecule has 0 heterocycles. The first kappa shape index (κ1) is 15.0. The van der Waals surface area contributed by atoms with Crippen LogP contribution < -0.4 is 4.74 Å². The van der Waals surface area contributed by atoms with Gasteiger partial charge in [-0.3, -0.25) is 9.59 Å². The monoisotopic (exact) mass is 268 g/mol. The van der Waals surface area contributed by atoms with Gasteiger partial charge < -0.3 is 18.9 Å². The molecule has 0 bridgehead atoms. The Balaban J connectivity index is 3.01. The zero-order valence-corrected chi connectivity index (χ0v) is 11.0. The molecule has 0 saturated carbocycles. The highest BCUT2D eigenvalue weighted by Gasteiger charge is 2.30. The maximum atomic E-state index is 11.6. The Morgan fingerprint density at radius 1 is 1.11 bits per heavy atom. The number of rotatable bonds is 6. The second-order valence-electron chi connectivity index (χ2n) is 3.60. The lowest BCUT2D eigenvalue weighted by molar-refractivity contribution is -0.154. The Morgan fingerprint density at radius 3 is 2.26 bits per heavy atom. The highest BCUT2D eigenvalue weighted by molar-refractivity contribution is 6.00. The van der Waals surface area contributed by atoms with Crippen LogP contribution in [0.3, 0.4) is 0 Å².